The molecule has 3 aromatic heterocycles. The van der Waals surface area contributed by atoms with Gasteiger partial charge in [-0.1, -0.05) is 67.0 Å². The van der Waals surface area contributed by atoms with Crippen LogP contribution in [0.15, 0.2) is 62.6 Å². The maximum atomic E-state index is 14.5. The molecule has 11 nitrogen and oxygen atoms in total. The van der Waals surface area contributed by atoms with Crippen molar-refractivity contribution in [1.82, 2.24) is 29.3 Å². The zero-order valence-electron chi connectivity index (χ0n) is 28.0. The molecular formula is C36H44N6O5. The van der Waals surface area contributed by atoms with Crippen molar-refractivity contribution < 1.29 is 14.4 Å². The summed E-state index contributed by atoms with van der Waals surface area (Å²) in [6.07, 6.45) is 4.76. The summed E-state index contributed by atoms with van der Waals surface area (Å²) >= 11 is 0. The van der Waals surface area contributed by atoms with E-state index in [0.717, 1.165) is 65.6 Å². The Hall–Kier alpha value is -4.35. The van der Waals surface area contributed by atoms with Crippen LogP contribution < -0.4 is 11.3 Å². The van der Waals surface area contributed by atoms with Gasteiger partial charge in [-0.15, -0.1) is 0 Å². The van der Waals surface area contributed by atoms with Gasteiger partial charge in [-0.2, -0.15) is 10.1 Å². The number of nitrogens with one attached hydrogen (secondary N) is 1. The molecule has 2 aromatic carbocycles. The number of nitrogens with zero attached hydrogens (tertiary/aromatic N) is 5. The van der Waals surface area contributed by atoms with Crippen LogP contribution in [0.2, 0.25) is 0 Å². The summed E-state index contributed by atoms with van der Waals surface area (Å²) in [6.45, 7) is 11.5. The van der Waals surface area contributed by atoms with Gasteiger partial charge in [0.25, 0.3) is 5.56 Å². The fourth-order valence-electron chi connectivity index (χ4n) is 6.68. The highest BCUT2D eigenvalue weighted by atomic mass is 16.5. The maximum absolute atomic E-state index is 14.5. The summed E-state index contributed by atoms with van der Waals surface area (Å²) in [4.78, 5) is 33.5. The molecule has 1 unspecified atom stereocenters. The van der Waals surface area contributed by atoms with Crippen molar-refractivity contribution in [3.63, 3.8) is 0 Å². The number of fused-ring (bicyclic) bond motifs is 1. The van der Waals surface area contributed by atoms with Gasteiger partial charge >= 0.3 is 5.76 Å². The average molecular weight is 641 g/mol. The minimum Gasteiger partial charge on any atom is -0.388 e. The van der Waals surface area contributed by atoms with Gasteiger partial charge in [0.15, 0.2) is 5.82 Å². The van der Waals surface area contributed by atoms with E-state index in [1.165, 1.54) is 0 Å². The first-order valence-electron chi connectivity index (χ1n) is 16.5. The largest absolute Gasteiger partial charge is 0.439 e. The first-order chi connectivity index (χ1) is 22.4. The molecule has 47 heavy (non-hydrogen) atoms. The molecule has 1 aliphatic rings. The molecule has 0 aliphatic heterocycles. The second-order valence-electron chi connectivity index (χ2n) is 13.7. The van der Waals surface area contributed by atoms with Crippen molar-refractivity contribution in [2.45, 2.75) is 110 Å². The van der Waals surface area contributed by atoms with E-state index in [1.54, 1.807) is 13.8 Å². The van der Waals surface area contributed by atoms with Gasteiger partial charge in [-0.05, 0) is 83.4 Å². The van der Waals surface area contributed by atoms with Crippen molar-refractivity contribution in [2.75, 3.05) is 0 Å². The fraction of sp³-hybridized carbons (Fsp3) is 0.472. The SMILES string of the molecule is CCCc1c(Cc2ccc(-c3ccccc3-c3noc(=O)[nH]3)cc2)c(=O)n([C@H]2CC[C@](C)(OC(C)C(C)(C)O)CC2)c2nc(C)nn12. The van der Waals surface area contributed by atoms with E-state index in [2.05, 4.69) is 24.0 Å². The van der Waals surface area contributed by atoms with Crippen LogP contribution in [0.3, 0.4) is 0 Å². The highest BCUT2D eigenvalue weighted by Gasteiger charge is 2.38. The monoisotopic (exact) mass is 640 g/mol. The Morgan fingerprint density at radius 1 is 1.11 bits per heavy atom. The van der Waals surface area contributed by atoms with Crippen LogP contribution in [0.1, 0.15) is 95.4 Å². The summed E-state index contributed by atoms with van der Waals surface area (Å²) in [5.41, 5.74) is 3.92. The predicted octanol–water partition coefficient (Wildman–Crippen LogP) is 5.80. The second-order valence-corrected chi connectivity index (χ2v) is 13.7. The van der Waals surface area contributed by atoms with Gasteiger partial charge < -0.3 is 9.84 Å². The van der Waals surface area contributed by atoms with Crippen LogP contribution in [0.4, 0.5) is 0 Å². The molecule has 0 amide bonds. The van der Waals surface area contributed by atoms with E-state index >= 15 is 0 Å². The topological polar surface area (TPSA) is 141 Å². The quantitative estimate of drug-likeness (QED) is 0.195. The van der Waals surface area contributed by atoms with Crippen LogP contribution in [0.25, 0.3) is 28.3 Å². The number of aliphatic hydroxyl groups is 1. The van der Waals surface area contributed by atoms with Gasteiger partial charge in [0.2, 0.25) is 5.78 Å². The molecule has 1 saturated carbocycles. The Bertz CT molecular complexity index is 1990. The maximum Gasteiger partial charge on any atom is 0.439 e. The Labute approximate surface area is 273 Å². The van der Waals surface area contributed by atoms with Crippen LogP contribution in [0, 0.1) is 6.92 Å². The standard InChI is InChI=1S/C36H44N6O5/c1-7-10-30-29(21-24-13-15-25(16-14-24)27-11-8-9-12-28(27)31-38-34(44)47-40-31)32(43)41(33-37-23(3)39-42(30)33)26-17-19-36(6,20-18-26)46-22(2)35(4,5)45/h8-9,11-16,22,26,45H,7,10,17-21H2,1-6H3,(H,38,40,44)/t22?,26-,36-. The van der Waals surface area contributed by atoms with Gasteiger partial charge in [-0.3, -0.25) is 18.9 Å². The molecule has 1 fully saturated rings. The third-order valence-electron chi connectivity index (χ3n) is 9.58. The van der Waals surface area contributed by atoms with Crippen LogP contribution in [0.5, 0.6) is 0 Å². The lowest BCUT2D eigenvalue weighted by Crippen LogP contribution is -2.45. The summed E-state index contributed by atoms with van der Waals surface area (Å²) in [6, 6.07) is 15.8. The fourth-order valence-corrected chi connectivity index (χ4v) is 6.68. The first kappa shape index (κ1) is 32.6. The first-order valence-corrected chi connectivity index (χ1v) is 16.5. The Morgan fingerprint density at radius 3 is 2.40 bits per heavy atom. The number of H-pyrrole nitrogens is 1. The molecular weight excluding hydrogens is 596 g/mol. The molecule has 6 rings (SSSR count). The number of aromatic amines is 1. The molecule has 11 heteroatoms. The number of hydrogen-bond donors (Lipinski definition) is 2. The Morgan fingerprint density at radius 2 is 1.79 bits per heavy atom. The lowest BCUT2D eigenvalue weighted by molar-refractivity contribution is -0.163. The minimum atomic E-state index is -0.940. The van der Waals surface area contributed by atoms with E-state index < -0.39 is 11.4 Å². The van der Waals surface area contributed by atoms with Gasteiger partial charge in [0.1, 0.15) is 5.82 Å². The number of hydrogen-bond acceptors (Lipinski definition) is 8. The van der Waals surface area contributed by atoms with Gasteiger partial charge in [0, 0.05) is 23.6 Å². The third kappa shape index (κ3) is 6.59. The van der Waals surface area contributed by atoms with E-state index in [-0.39, 0.29) is 23.3 Å². The smallest absolute Gasteiger partial charge is 0.388 e. The molecule has 1 aliphatic carbocycles. The number of aromatic nitrogens is 6. The van der Waals surface area contributed by atoms with Crippen LogP contribution in [-0.2, 0) is 17.6 Å². The lowest BCUT2D eigenvalue weighted by atomic mass is 9.82. The summed E-state index contributed by atoms with van der Waals surface area (Å²) in [5, 5.41) is 19.1. The van der Waals surface area contributed by atoms with Gasteiger partial charge in [-0.25, -0.2) is 9.31 Å². The van der Waals surface area contributed by atoms with Crippen LogP contribution in [-0.4, -0.2) is 51.7 Å². The normalized spacial score (nSPS) is 19.3. The molecule has 2 N–H and O–H groups in total. The molecule has 3 heterocycles. The molecule has 0 spiro atoms. The van der Waals surface area contributed by atoms with E-state index in [9.17, 15) is 14.7 Å². The van der Waals surface area contributed by atoms with E-state index in [1.807, 2.05) is 71.5 Å². The predicted molar refractivity (Wildman–Crippen MR) is 180 cm³/mol. The van der Waals surface area contributed by atoms with E-state index in [4.69, 9.17) is 19.3 Å². The molecule has 0 bridgehead atoms. The number of ether oxygens (including phenoxy) is 1. The summed E-state index contributed by atoms with van der Waals surface area (Å²) in [5.74, 6) is 0.996. The van der Waals surface area contributed by atoms with Crippen LogP contribution >= 0.6 is 0 Å². The number of rotatable bonds is 10. The highest BCUT2D eigenvalue weighted by Crippen LogP contribution is 2.39. The molecule has 248 valence electrons. The molecule has 1 atom stereocenters. The lowest BCUT2D eigenvalue weighted by Gasteiger charge is -2.42. The number of benzene rings is 2. The minimum absolute atomic E-state index is 0.0165. The Balaban J connectivity index is 1.33. The van der Waals surface area contributed by atoms with Crippen molar-refractivity contribution in [2.24, 2.45) is 0 Å². The van der Waals surface area contributed by atoms with Gasteiger partial charge in [0.05, 0.1) is 23.0 Å². The van der Waals surface area contributed by atoms with Crippen molar-refractivity contribution in [1.29, 1.82) is 0 Å². The third-order valence-corrected chi connectivity index (χ3v) is 9.58. The highest BCUT2D eigenvalue weighted by molar-refractivity contribution is 5.80. The molecule has 0 saturated heterocycles. The Kier molecular flexibility index (Phi) is 8.80. The average Bonchev–Trinajstić information content (AvgIpc) is 3.64. The zero-order chi connectivity index (χ0) is 33.5. The number of aryl methyl sites for hydroxylation is 2. The molecule has 5 aromatic rings. The van der Waals surface area contributed by atoms with Crippen molar-refractivity contribution in [3.8, 4) is 22.5 Å². The zero-order valence-corrected chi connectivity index (χ0v) is 28.0. The summed E-state index contributed by atoms with van der Waals surface area (Å²) < 4.78 is 14.9. The molecule has 0 radical (unpaired) electrons. The van der Waals surface area contributed by atoms with Crippen molar-refractivity contribution in [3.05, 3.63) is 92.1 Å². The second kappa shape index (κ2) is 12.7. The summed E-state index contributed by atoms with van der Waals surface area (Å²) in [7, 11) is 0. The van der Waals surface area contributed by atoms with Crippen molar-refractivity contribution >= 4 is 5.78 Å². The van der Waals surface area contributed by atoms with E-state index in [0.29, 0.717) is 30.3 Å².